The van der Waals surface area contributed by atoms with E-state index >= 15 is 0 Å². The first kappa shape index (κ1) is 12.5. The van der Waals surface area contributed by atoms with E-state index in [0.717, 1.165) is 11.3 Å². The van der Waals surface area contributed by atoms with E-state index < -0.39 is 0 Å². The van der Waals surface area contributed by atoms with Crippen molar-refractivity contribution in [3.63, 3.8) is 0 Å². The molecule has 0 radical (unpaired) electrons. The summed E-state index contributed by atoms with van der Waals surface area (Å²) in [7, 11) is 1.63. The van der Waals surface area contributed by atoms with Crippen molar-refractivity contribution >= 4 is 5.91 Å². The van der Waals surface area contributed by atoms with Crippen LogP contribution in [0.5, 0.6) is 5.75 Å². The number of ether oxygens (including phenoxy) is 1. The average Bonchev–Trinajstić information content (AvgIpc) is 2.31. The molecular weight excluding hydrogens is 204 g/mol. The number of carbonyl (C=O) groups is 1. The lowest BCUT2D eigenvalue weighted by Crippen LogP contribution is -2.30. The third kappa shape index (κ3) is 4.31. The maximum Gasteiger partial charge on any atom is 0.233 e. The lowest BCUT2D eigenvalue weighted by molar-refractivity contribution is -0.119. The summed E-state index contributed by atoms with van der Waals surface area (Å²) in [6, 6.07) is 7.84. The number of hydrogen-bond donors (Lipinski definition) is 2. The van der Waals surface area contributed by atoms with E-state index in [0.29, 0.717) is 19.7 Å². The second kappa shape index (κ2) is 6.85. The fraction of sp³-hybridized carbons (Fsp3) is 0.417. The minimum Gasteiger partial charge on any atom is -0.494 e. The molecule has 0 aliphatic rings. The van der Waals surface area contributed by atoms with Gasteiger partial charge in [-0.15, -0.1) is 0 Å². The van der Waals surface area contributed by atoms with Gasteiger partial charge in [-0.25, -0.2) is 0 Å². The predicted molar refractivity (Wildman–Crippen MR) is 63.4 cm³/mol. The van der Waals surface area contributed by atoms with Gasteiger partial charge in [-0.3, -0.25) is 4.79 Å². The topological polar surface area (TPSA) is 50.4 Å². The first-order valence-electron chi connectivity index (χ1n) is 5.39. The molecule has 0 atom stereocenters. The summed E-state index contributed by atoms with van der Waals surface area (Å²) in [4.78, 5) is 10.9. The second-order valence-electron chi connectivity index (χ2n) is 3.35. The van der Waals surface area contributed by atoms with Crippen LogP contribution in [0.15, 0.2) is 24.3 Å². The maximum absolute atomic E-state index is 10.9. The quantitative estimate of drug-likeness (QED) is 0.752. The summed E-state index contributed by atoms with van der Waals surface area (Å²) < 4.78 is 5.34. The summed E-state index contributed by atoms with van der Waals surface area (Å²) >= 11 is 0. The molecule has 1 aromatic carbocycles. The Kier molecular flexibility index (Phi) is 5.36. The van der Waals surface area contributed by atoms with Crippen LogP contribution in [0.1, 0.15) is 12.5 Å². The predicted octanol–water partition coefficient (Wildman–Crippen LogP) is 0.921. The largest absolute Gasteiger partial charge is 0.494 e. The minimum absolute atomic E-state index is 0.00839. The molecule has 1 rings (SSSR count). The molecular formula is C12H18N2O2. The van der Waals surface area contributed by atoms with Crippen molar-refractivity contribution in [1.82, 2.24) is 10.6 Å². The van der Waals surface area contributed by atoms with E-state index in [1.54, 1.807) is 7.05 Å². The van der Waals surface area contributed by atoms with Crippen molar-refractivity contribution in [2.24, 2.45) is 0 Å². The van der Waals surface area contributed by atoms with Crippen molar-refractivity contribution in [3.8, 4) is 5.75 Å². The van der Waals surface area contributed by atoms with Gasteiger partial charge in [0.25, 0.3) is 0 Å². The molecule has 0 aliphatic heterocycles. The Labute approximate surface area is 96.0 Å². The lowest BCUT2D eigenvalue weighted by Gasteiger charge is -2.06. The van der Waals surface area contributed by atoms with Crippen molar-refractivity contribution in [1.29, 1.82) is 0 Å². The van der Waals surface area contributed by atoms with Gasteiger partial charge in [-0.05, 0) is 24.6 Å². The molecule has 1 amide bonds. The molecule has 1 aromatic rings. The first-order valence-corrected chi connectivity index (χ1v) is 5.39. The molecule has 88 valence electrons. The number of hydrogen-bond acceptors (Lipinski definition) is 3. The molecule has 0 fully saturated rings. The van der Waals surface area contributed by atoms with Crippen molar-refractivity contribution in [3.05, 3.63) is 29.8 Å². The van der Waals surface area contributed by atoms with Gasteiger partial charge in [0.05, 0.1) is 13.2 Å². The third-order valence-electron chi connectivity index (χ3n) is 2.13. The van der Waals surface area contributed by atoms with Crippen LogP contribution in [-0.2, 0) is 11.3 Å². The van der Waals surface area contributed by atoms with Crippen LogP contribution >= 0.6 is 0 Å². The molecule has 0 saturated heterocycles. The van der Waals surface area contributed by atoms with E-state index in [-0.39, 0.29) is 5.91 Å². The third-order valence-corrected chi connectivity index (χ3v) is 2.13. The summed E-state index contributed by atoms with van der Waals surface area (Å²) in [6.07, 6.45) is 0. The Morgan fingerprint density at radius 3 is 2.56 bits per heavy atom. The van der Waals surface area contributed by atoms with E-state index in [1.165, 1.54) is 0 Å². The Bertz CT molecular complexity index is 322. The average molecular weight is 222 g/mol. The van der Waals surface area contributed by atoms with Crippen LogP contribution in [0.25, 0.3) is 0 Å². The summed E-state index contributed by atoms with van der Waals surface area (Å²) in [5, 5.41) is 5.61. The zero-order valence-corrected chi connectivity index (χ0v) is 9.75. The number of amides is 1. The molecule has 2 N–H and O–H groups in total. The normalized spacial score (nSPS) is 9.88. The number of likely N-dealkylation sites (N-methyl/N-ethyl adjacent to an activating group) is 1. The van der Waals surface area contributed by atoms with Gasteiger partial charge < -0.3 is 15.4 Å². The van der Waals surface area contributed by atoms with Crippen molar-refractivity contribution in [2.75, 3.05) is 20.2 Å². The molecule has 16 heavy (non-hydrogen) atoms. The second-order valence-corrected chi connectivity index (χ2v) is 3.35. The molecule has 4 nitrogen and oxygen atoms in total. The summed E-state index contributed by atoms with van der Waals surface area (Å²) in [5.41, 5.74) is 1.13. The highest BCUT2D eigenvalue weighted by Gasteiger charge is 1.98. The van der Waals surface area contributed by atoms with Crippen LogP contribution in [0, 0.1) is 0 Å². The Balaban J connectivity index is 2.34. The standard InChI is InChI=1S/C12H18N2O2/c1-3-16-11-6-4-10(5-7-11)8-14-9-12(15)13-2/h4-7,14H,3,8-9H2,1-2H3,(H,13,15). The van der Waals surface area contributed by atoms with Gasteiger partial charge in [-0.1, -0.05) is 12.1 Å². The Morgan fingerprint density at radius 2 is 2.00 bits per heavy atom. The van der Waals surface area contributed by atoms with Crippen LogP contribution in [-0.4, -0.2) is 26.1 Å². The number of nitrogens with one attached hydrogen (secondary N) is 2. The molecule has 0 aliphatic carbocycles. The highest BCUT2D eigenvalue weighted by atomic mass is 16.5. The molecule has 0 saturated carbocycles. The maximum atomic E-state index is 10.9. The Morgan fingerprint density at radius 1 is 1.31 bits per heavy atom. The van der Waals surface area contributed by atoms with Crippen molar-refractivity contribution < 1.29 is 9.53 Å². The van der Waals surface area contributed by atoms with Crippen LogP contribution in [0.3, 0.4) is 0 Å². The van der Waals surface area contributed by atoms with Gasteiger partial charge in [0, 0.05) is 13.6 Å². The van der Waals surface area contributed by atoms with Crippen LogP contribution in [0.4, 0.5) is 0 Å². The first-order chi connectivity index (χ1) is 7.76. The minimum atomic E-state index is -0.00839. The smallest absolute Gasteiger partial charge is 0.233 e. The SMILES string of the molecule is CCOc1ccc(CNCC(=O)NC)cc1. The molecule has 0 heterocycles. The van der Waals surface area contributed by atoms with E-state index in [1.807, 2.05) is 31.2 Å². The molecule has 4 heteroatoms. The molecule has 0 aromatic heterocycles. The Hall–Kier alpha value is -1.55. The van der Waals surface area contributed by atoms with E-state index in [9.17, 15) is 4.79 Å². The molecule has 0 bridgehead atoms. The van der Waals surface area contributed by atoms with Gasteiger partial charge in [0.1, 0.15) is 5.75 Å². The summed E-state index contributed by atoms with van der Waals surface area (Å²) in [5.74, 6) is 0.864. The zero-order chi connectivity index (χ0) is 11.8. The van der Waals surface area contributed by atoms with Crippen LogP contribution < -0.4 is 15.4 Å². The lowest BCUT2D eigenvalue weighted by atomic mass is 10.2. The number of rotatable bonds is 6. The summed E-state index contributed by atoms with van der Waals surface area (Å²) in [6.45, 7) is 3.65. The number of benzene rings is 1. The fourth-order valence-electron chi connectivity index (χ4n) is 1.28. The van der Waals surface area contributed by atoms with E-state index in [2.05, 4.69) is 10.6 Å². The highest BCUT2D eigenvalue weighted by molar-refractivity contribution is 5.77. The van der Waals surface area contributed by atoms with E-state index in [4.69, 9.17) is 4.74 Å². The highest BCUT2D eigenvalue weighted by Crippen LogP contribution is 2.11. The number of carbonyl (C=O) groups excluding carboxylic acids is 1. The van der Waals surface area contributed by atoms with Crippen molar-refractivity contribution in [2.45, 2.75) is 13.5 Å². The zero-order valence-electron chi connectivity index (χ0n) is 9.75. The monoisotopic (exact) mass is 222 g/mol. The van der Waals surface area contributed by atoms with Gasteiger partial charge >= 0.3 is 0 Å². The molecule has 0 unspecified atom stereocenters. The fourth-order valence-corrected chi connectivity index (χ4v) is 1.28. The van der Waals surface area contributed by atoms with Gasteiger partial charge in [0.2, 0.25) is 5.91 Å². The van der Waals surface area contributed by atoms with Gasteiger partial charge in [0.15, 0.2) is 0 Å². The van der Waals surface area contributed by atoms with Gasteiger partial charge in [-0.2, -0.15) is 0 Å². The van der Waals surface area contributed by atoms with Crippen LogP contribution in [0.2, 0.25) is 0 Å². The molecule has 0 spiro atoms.